The summed E-state index contributed by atoms with van der Waals surface area (Å²) in [5.41, 5.74) is 4.67. The van der Waals surface area contributed by atoms with Crippen LogP contribution < -0.4 is 10.2 Å². The van der Waals surface area contributed by atoms with Crippen LogP contribution in [0.1, 0.15) is 29.8 Å². The second-order valence-electron chi connectivity index (χ2n) is 3.63. The highest BCUT2D eigenvalue weighted by atomic mass is 16.5. The summed E-state index contributed by atoms with van der Waals surface area (Å²) >= 11 is 0. The number of nitrogens with zero attached hydrogens (tertiary/aromatic N) is 1. The first-order valence-electron chi connectivity index (χ1n) is 5.01. The summed E-state index contributed by atoms with van der Waals surface area (Å²) in [5.74, 6) is 0.474. The normalized spacial score (nSPS) is 9.50. The molecule has 4 heteroatoms. The van der Waals surface area contributed by atoms with E-state index in [0.29, 0.717) is 11.3 Å². The zero-order valence-electron chi connectivity index (χ0n) is 10.00. The van der Waals surface area contributed by atoms with Crippen LogP contribution in [-0.4, -0.2) is 18.7 Å². The number of methoxy groups -OCH3 is 1. The highest BCUT2D eigenvalue weighted by molar-refractivity contribution is 5.96. The van der Waals surface area contributed by atoms with Gasteiger partial charge in [0.25, 0.3) is 5.91 Å². The molecule has 0 saturated heterocycles. The van der Waals surface area contributed by atoms with Crippen molar-refractivity contribution >= 4 is 11.6 Å². The van der Waals surface area contributed by atoms with E-state index in [-0.39, 0.29) is 5.91 Å². The van der Waals surface area contributed by atoms with E-state index >= 15 is 0 Å². The molecule has 0 aliphatic carbocycles. The molecule has 0 aromatic heterocycles. The molecule has 0 aliphatic rings. The van der Waals surface area contributed by atoms with Crippen molar-refractivity contribution in [2.75, 3.05) is 7.11 Å². The van der Waals surface area contributed by atoms with Crippen molar-refractivity contribution in [3.8, 4) is 5.75 Å². The fraction of sp³-hybridized carbons (Fsp3) is 0.333. The Balaban J connectivity index is 2.96. The van der Waals surface area contributed by atoms with Gasteiger partial charge in [0.2, 0.25) is 0 Å². The number of nitrogens with one attached hydrogen (secondary N) is 1. The molecule has 1 N–H and O–H groups in total. The summed E-state index contributed by atoms with van der Waals surface area (Å²) in [7, 11) is 1.58. The fourth-order valence-electron chi connectivity index (χ4n) is 1.30. The average molecular weight is 220 g/mol. The van der Waals surface area contributed by atoms with E-state index in [1.54, 1.807) is 19.2 Å². The summed E-state index contributed by atoms with van der Waals surface area (Å²) in [6, 6.07) is 5.34. The van der Waals surface area contributed by atoms with Crippen LogP contribution in [-0.2, 0) is 0 Å². The van der Waals surface area contributed by atoms with Gasteiger partial charge in [-0.3, -0.25) is 4.79 Å². The molecule has 1 rings (SSSR count). The van der Waals surface area contributed by atoms with E-state index in [0.717, 1.165) is 11.3 Å². The second-order valence-corrected chi connectivity index (χ2v) is 3.63. The Morgan fingerprint density at radius 2 is 2.06 bits per heavy atom. The number of hydrogen-bond donors (Lipinski definition) is 1. The topological polar surface area (TPSA) is 50.7 Å². The smallest absolute Gasteiger partial charge is 0.271 e. The molecular formula is C12H16N2O2. The van der Waals surface area contributed by atoms with E-state index in [1.165, 1.54) is 0 Å². The number of carbonyl (C=O) groups excluding carboxylic acids is 1. The van der Waals surface area contributed by atoms with Crippen molar-refractivity contribution in [1.82, 2.24) is 5.43 Å². The number of amides is 1. The number of hydrazone groups is 1. The van der Waals surface area contributed by atoms with Crippen molar-refractivity contribution in [1.29, 1.82) is 0 Å². The lowest BCUT2D eigenvalue weighted by Gasteiger charge is -2.08. The Morgan fingerprint density at radius 1 is 1.38 bits per heavy atom. The number of benzene rings is 1. The summed E-state index contributed by atoms with van der Waals surface area (Å²) in [4.78, 5) is 11.8. The van der Waals surface area contributed by atoms with Gasteiger partial charge in [0.15, 0.2) is 0 Å². The molecule has 4 nitrogen and oxygen atoms in total. The zero-order chi connectivity index (χ0) is 12.1. The van der Waals surface area contributed by atoms with Crippen molar-refractivity contribution in [3.63, 3.8) is 0 Å². The van der Waals surface area contributed by atoms with Crippen LogP contribution in [0.15, 0.2) is 23.3 Å². The molecule has 0 atom stereocenters. The molecule has 0 heterocycles. The zero-order valence-corrected chi connectivity index (χ0v) is 10.00. The lowest BCUT2D eigenvalue weighted by Crippen LogP contribution is -2.19. The van der Waals surface area contributed by atoms with E-state index in [4.69, 9.17) is 4.74 Å². The summed E-state index contributed by atoms with van der Waals surface area (Å²) < 4.78 is 5.15. The molecule has 0 saturated carbocycles. The van der Waals surface area contributed by atoms with E-state index < -0.39 is 0 Å². The van der Waals surface area contributed by atoms with Gasteiger partial charge in [-0.1, -0.05) is 6.07 Å². The van der Waals surface area contributed by atoms with Crippen LogP contribution in [0.4, 0.5) is 0 Å². The maximum Gasteiger partial charge on any atom is 0.271 e. The van der Waals surface area contributed by atoms with Crippen molar-refractivity contribution < 1.29 is 9.53 Å². The van der Waals surface area contributed by atoms with Crippen LogP contribution in [0.5, 0.6) is 5.75 Å². The predicted octanol–water partition coefficient (Wildman–Crippen LogP) is 2.13. The Labute approximate surface area is 95.3 Å². The van der Waals surface area contributed by atoms with Gasteiger partial charge in [0.05, 0.1) is 7.11 Å². The van der Waals surface area contributed by atoms with E-state index in [9.17, 15) is 4.79 Å². The lowest BCUT2D eigenvalue weighted by atomic mass is 10.1. The number of carbonyl (C=O) groups is 1. The van der Waals surface area contributed by atoms with Crippen molar-refractivity contribution in [2.24, 2.45) is 5.10 Å². The lowest BCUT2D eigenvalue weighted by molar-refractivity contribution is 0.0953. The maximum absolute atomic E-state index is 11.8. The van der Waals surface area contributed by atoms with Gasteiger partial charge in [-0.05, 0) is 32.9 Å². The Morgan fingerprint density at radius 3 is 2.62 bits per heavy atom. The first-order valence-corrected chi connectivity index (χ1v) is 5.01. The Kier molecular flexibility index (Phi) is 4.05. The van der Waals surface area contributed by atoms with Gasteiger partial charge in [0, 0.05) is 16.8 Å². The van der Waals surface area contributed by atoms with Gasteiger partial charge < -0.3 is 4.74 Å². The summed E-state index contributed by atoms with van der Waals surface area (Å²) in [6.45, 7) is 5.48. The van der Waals surface area contributed by atoms with Gasteiger partial charge in [0.1, 0.15) is 5.75 Å². The van der Waals surface area contributed by atoms with Crippen LogP contribution in [0.25, 0.3) is 0 Å². The standard InChI is InChI=1S/C12H16N2O2/c1-8(2)13-14-12(15)10-6-5-7-11(16-4)9(10)3/h5-7H,1-4H3,(H,14,15). The summed E-state index contributed by atoms with van der Waals surface area (Å²) in [5, 5.41) is 3.87. The van der Waals surface area contributed by atoms with Gasteiger partial charge >= 0.3 is 0 Å². The molecule has 0 bridgehead atoms. The van der Waals surface area contributed by atoms with Crippen LogP contribution >= 0.6 is 0 Å². The maximum atomic E-state index is 11.8. The molecular weight excluding hydrogens is 204 g/mol. The monoisotopic (exact) mass is 220 g/mol. The van der Waals surface area contributed by atoms with Crippen molar-refractivity contribution in [2.45, 2.75) is 20.8 Å². The molecule has 0 aliphatic heterocycles. The number of ether oxygens (including phenoxy) is 1. The number of hydrogen-bond acceptors (Lipinski definition) is 3. The largest absolute Gasteiger partial charge is 0.496 e. The average Bonchev–Trinajstić information content (AvgIpc) is 2.26. The quantitative estimate of drug-likeness (QED) is 0.626. The minimum Gasteiger partial charge on any atom is -0.496 e. The van der Waals surface area contributed by atoms with Crippen LogP contribution in [0.2, 0.25) is 0 Å². The third-order valence-corrected chi connectivity index (χ3v) is 2.13. The molecule has 1 aromatic rings. The molecule has 16 heavy (non-hydrogen) atoms. The molecule has 86 valence electrons. The number of rotatable bonds is 3. The Bertz CT molecular complexity index is 421. The molecule has 0 radical (unpaired) electrons. The molecule has 0 fully saturated rings. The molecule has 0 spiro atoms. The minimum absolute atomic E-state index is 0.224. The third kappa shape index (κ3) is 2.82. The highest BCUT2D eigenvalue weighted by Crippen LogP contribution is 2.20. The van der Waals surface area contributed by atoms with Crippen molar-refractivity contribution in [3.05, 3.63) is 29.3 Å². The highest BCUT2D eigenvalue weighted by Gasteiger charge is 2.10. The summed E-state index contributed by atoms with van der Waals surface area (Å²) in [6.07, 6.45) is 0. The van der Waals surface area contributed by atoms with Crippen LogP contribution in [0, 0.1) is 6.92 Å². The van der Waals surface area contributed by atoms with Gasteiger partial charge in [-0.15, -0.1) is 0 Å². The first-order chi connectivity index (χ1) is 7.56. The SMILES string of the molecule is COc1cccc(C(=O)NN=C(C)C)c1C. The van der Waals surface area contributed by atoms with Gasteiger partial charge in [-0.2, -0.15) is 5.10 Å². The van der Waals surface area contributed by atoms with Crippen LogP contribution in [0.3, 0.4) is 0 Å². The Hall–Kier alpha value is -1.84. The van der Waals surface area contributed by atoms with E-state index in [2.05, 4.69) is 10.5 Å². The first kappa shape index (κ1) is 12.2. The predicted molar refractivity (Wildman–Crippen MR) is 64.0 cm³/mol. The molecule has 1 amide bonds. The van der Waals surface area contributed by atoms with Gasteiger partial charge in [-0.25, -0.2) is 5.43 Å². The fourth-order valence-corrected chi connectivity index (χ4v) is 1.30. The minimum atomic E-state index is -0.224. The second kappa shape index (κ2) is 5.30. The van der Waals surface area contributed by atoms with E-state index in [1.807, 2.05) is 26.8 Å². The third-order valence-electron chi connectivity index (χ3n) is 2.13. The molecule has 1 aromatic carbocycles. The molecule has 0 unspecified atom stereocenters.